The number of amides is 1. The van der Waals surface area contributed by atoms with Gasteiger partial charge in [-0.05, 0) is 30.5 Å². The number of hydrogen-bond donors (Lipinski definition) is 1. The molecule has 4 heteroatoms. The number of nitriles is 1. The van der Waals surface area contributed by atoms with Crippen molar-refractivity contribution in [3.05, 3.63) is 29.8 Å². The molecule has 0 radical (unpaired) electrons. The Balaban J connectivity index is 1.74. The van der Waals surface area contributed by atoms with Crippen LogP contribution >= 0.6 is 11.8 Å². The first-order valence-corrected chi connectivity index (χ1v) is 8.20. The van der Waals surface area contributed by atoms with Crippen molar-refractivity contribution in [2.75, 3.05) is 11.1 Å². The van der Waals surface area contributed by atoms with E-state index in [1.165, 1.54) is 32.1 Å². The average molecular weight is 288 g/mol. The number of nitrogens with zero attached hydrogens (tertiary/aromatic N) is 1. The molecule has 1 aromatic carbocycles. The lowest BCUT2D eigenvalue weighted by Crippen LogP contribution is -2.17. The number of hydrogen-bond acceptors (Lipinski definition) is 3. The maximum absolute atomic E-state index is 11.9. The van der Waals surface area contributed by atoms with Crippen LogP contribution in [0.4, 0.5) is 5.69 Å². The monoisotopic (exact) mass is 288 g/mol. The Morgan fingerprint density at radius 1 is 1.25 bits per heavy atom. The van der Waals surface area contributed by atoms with Gasteiger partial charge in [0.25, 0.3) is 0 Å². The van der Waals surface area contributed by atoms with Crippen LogP contribution in [0.25, 0.3) is 0 Å². The number of rotatable bonds is 5. The van der Waals surface area contributed by atoms with Crippen molar-refractivity contribution in [3.8, 4) is 6.07 Å². The molecule has 1 aliphatic rings. The molecule has 0 atom stereocenters. The van der Waals surface area contributed by atoms with E-state index in [1.807, 2.05) is 24.3 Å². The van der Waals surface area contributed by atoms with Crippen LogP contribution in [0.15, 0.2) is 24.3 Å². The summed E-state index contributed by atoms with van der Waals surface area (Å²) in [4.78, 5) is 11.9. The molecule has 1 fully saturated rings. The van der Waals surface area contributed by atoms with Gasteiger partial charge in [-0.1, -0.05) is 31.4 Å². The van der Waals surface area contributed by atoms with Crippen molar-refractivity contribution in [2.24, 2.45) is 0 Å². The molecular formula is C16H20N2OS. The van der Waals surface area contributed by atoms with Gasteiger partial charge in [0.1, 0.15) is 0 Å². The molecule has 1 saturated carbocycles. The lowest BCUT2D eigenvalue weighted by atomic mass is 10.0. The largest absolute Gasteiger partial charge is 0.325 e. The Kier molecular flexibility index (Phi) is 5.94. The van der Waals surface area contributed by atoms with Crippen LogP contribution in [0.1, 0.15) is 37.7 Å². The first-order valence-electron chi connectivity index (χ1n) is 7.15. The molecule has 1 aliphatic carbocycles. The van der Waals surface area contributed by atoms with E-state index >= 15 is 0 Å². The maximum Gasteiger partial charge on any atom is 0.234 e. The first-order chi connectivity index (χ1) is 9.78. The zero-order chi connectivity index (χ0) is 14.2. The van der Waals surface area contributed by atoms with Crippen LogP contribution in [-0.4, -0.2) is 16.9 Å². The SMILES string of the molecule is N#CCc1ccc(NC(=O)CSC2CCCCC2)cc1. The molecule has 0 saturated heterocycles. The molecule has 0 aromatic heterocycles. The van der Waals surface area contributed by atoms with Crippen molar-refractivity contribution in [3.63, 3.8) is 0 Å². The van der Waals surface area contributed by atoms with E-state index in [2.05, 4.69) is 11.4 Å². The highest BCUT2D eigenvalue weighted by atomic mass is 32.2. The summed E-state index contributed by atoms with van der Waals surface area (Å²) in [7, 11) is 0. The fourth-order valence-corrected chi connectivity index (χ4v) is 3.55. The van der Waals surface area contributed by atoms with Gasteiger partial charge in [0.2, 0.25) is 5.91 Å². The quantitative estimate of drug-likeness (QED) is 0.897. The Labute approximate surface area is 124 Å². The molecule has 0 unspecified atom stereocenters. The Morgan fingerprint density at radius 2 is 1.95 bits per heavy atom. The van der Waals surface area contributed by atoms with E-state index in [0.717, 1.165) is 11.3 Å². The van der Waals surface area contributed by atoms with Gasteiger partial charge < -0.3 is 5.32 Å². The molecule has 2 rings (SSSR count). The van der Waals surface area contributed by atoms with Crippen LogP contribution < -0.4 is 5.32 Å². The summed E-state index contributed by atoms with van der Waals surface area (Å²) in [6.45, 7) is 0. The zero-order valence-electron chi connectivity index (χ0n) is 11.6. The molecule has 0 heterocycles. The number of thioether (sulfide) groups is 1. The second-order valence-electron chi connectivity index (χ2n) is 5.15. The number of carbonyl (C=O) groups excluding carboxylic acids is 1. The molecule has 1 aromatic rings. The molecule has 20 heavy (non-hydrogen) atoms. The predicted octanol–water partition coefficient (Wildman–Crippen LogP) is 3.76. The van der Waals surface area contributed by atoms with Crippen molar-refractivity contribution in [1.29, 1.82) is 5.26 Å². The fraction of sp³-hybridized carbons (Fsp3) is 0.500. The van der Waals surface area contributed by atoms with E-state index in [0.29, 0.717) is 17.4 Å². The number of benzene rings is 1. The van der Waals surface area contributed by atoms with Gasteiger partial charge in [0.15, 0.2) is 0 Å². The third-order valence-electron chi connectivity index (χ3n) is 3.52. The van der Waals surface area contributed by atoms with Gasteiger partial charge in [0.05, 0.1) is 18.2 Å². The number of carbonyl (C=O) groups is 1. The van der Waals surface area contributed by atoms with Gasteiger partial charge in [0, 0.05) is 10.9 Å². The number of anilines is 1. The zero-order valence-corrected chi connectivity index (χ0v) is 12.4. The first kappa shape index (κ1) is 14.9. The van der Waals surface area contributed by atoms with Gasteiger partial charge in [-0.25, -0.2) is 0 Å². The van der Waals surface area contributed by atoms with E-state index in [9.17, 15) is 4.79 Å². The lowest BCUT2D eigenvalue weighted by molar-refractivity contribution is -0.113. The Hall–Kier alpha value is -1.47. The summed E-state index contributed by atoms with van der Waals surface area (Å²) in [5.41, 5.74) is 1.78. The van der Waals surface area contributed by atoms with Crippen LogP contribution in [0.2, 0.25) is 0 Å². The van der Waals surface area contributed by atoms with Crippen molar-refractivity contribution < 1.29 is 4.79 Å². The van der Waals surface area contributed by atoms with Crippen molar-refractivity contribution in [1.82, 2.24) is 0 Å². The van der Waals surface area contributed by atoms with E-state index < -0.39 is 0 Å². The summed E-state index contributed by atoms with van der Waals surface area (Å²) in [5, 5.41) is 12.2. The normalized spacial score (nSPS) is 15.6. The molecule has 106 valence electrons. The van der Waals surface area contributed by atoms with Crippen molar-refractivity contribution in [2.45, 2.75) is 43.8 Å². The van der Waals surface area contributed by atoms with Crippen molar-refractivity contribution >= 4 is 23.4 Å². The Bertz CT molecular complexity index is 472. The van der Waals surface area contributed by atoms with Gasteiger partial charge in [-0.15, -0.1) is 11.8 Å². The topological polar surface area (TPSA) is 52.9 Å². The fourth-order valence-electron chi connectivity index (χ4n) is 2.42. The molecular weight excluding hydrogens is 268 g/mol. The third kappa shape index (κ3) is 4.90. The van der Waals surface area contributed by atoms with Crippen LogP contribution in [0.5, 0.6) is 0 Å². The minimum Gasteiger partial charge on any atom is -0.325 e. The summed E-state index contributed by atoms with van der Waals surface area (Å²) in [5.74, 6) is 0.596. The standard InChI is InChI=1S/C16H20N2OS/c17-11-10-13-6-8-14(9-7-13)18-16(19)12-20-15-4-2-1-3-5-15/h6-9,15H,1-5,10,12H2,(H,18,19). The van der Waals surface area contributed by atoms with E-state index in [-0.39, 0.29) is 5.91 Å². The van der Waals surface area contributed by atoms with E-state index in [1.54, 1.807) is 11.8 Å². The summed E-state index contributed by atoms with van der Waals surface area (Å²) in [6.07, 6.45) is 6.87. The third-order valence-corrected chi connectivity index (χ3v) is 4.89. The molecule has 3 nitrogen and oxygen atoms in total. The number of nitrogens with one attached hydrogen (secondary N) is 1. The van der Waals surface area contributed by atoms with Gasteiger partial charge in [-0.2, -0.15) is 5.26 Å². The molecule has 0 spiro atoms. The average Bonchev–Trinajstić information content (AvgIpc) is 2.49. The minimum absolute atomic E-state index is 0.0635. The minimum atomic E-state index is 0.0635. The Morgan fingerprint density at radius 3 is 2.60 bits per heavy atom. The highest BCUT2D eigenvalue weighted by molar-refractivity contribution is 8.00. The second-order valence-corrected chi connectivity index (χ2v) is 6.44. The van der Waals surface area contributed by atoms with Gasteiger partial charge in [-0.3, -0.25) is 4.79 Å². The molecule has 1 amide bonds. The van der Waals surface area contributed by atoms with Crippen LogP contribution in [0.3, 0.4) is 0 Å². The van der Waals surface area contributed by atoms with Crippen LogP contribution in [0, 0.1) is 11.3 Å². The highest BCUT2D eigenvalue weighted by Gasteiger charge is 2.15. The molecule has 0 aliphatic heterocycles. The molecule has 0 bridgehead atoms. The predicted molar refractivity (Wildman–Crippen MR) is 83.7 cm³/mol. The summed E-state index contributed by atoms with van der Waals surface area (Å²) >= 11 is 1.78. The lowest BCUT2D eigenvalue weighted by Gasteiger charge is -2.20. The van der Waals surface area contributed by atoms with Crippen LogP contribution in [-0.2, 0) is 11.2 Å². The van der Waals surface area contributed by atoms with Gasteiger partial charge >= 0.3 is 0 Å². The maximum atomic E-state index is 11.9. The molecule has 1 N–H and O–H groups in total. The smallest absolute Gasteiger partial charge is 0.234 e. The summed E-state index contributed by atoms with van der Waals surface area (Å²) in [6, 6.07) is 9.59. The van der Waals surface area contributed by atoms with E-state index in [4.69, 9.17) is 5.26 Å². The highest BCUT2D eigenvalue weighted by Crippen LogP contribution is 2.28. The summed E-state index contributed by atoms with van der Waals surface area (Å²) < 4.78 is 0. The second kappa shape index (κ2) is 7.96.